The van der Waals surface area contributed by atoms with Crippen molar-refractivity contribution in [2.24, 2.45) is 0 Å². The lowest BCUT2D eigenvalue weighted by molar-refractivity contribution is -0.144. The third-order valence-electron chi connectivity index (χ3n) is 4.26. The number of carbonyl (C=O) groups is 1. The van der Waals surface area contributed by atoms with Gasteiger partial charge in [-0.3, -0.25) is 9.69 Å². The van der Waals surface area contributed by atoms with E-state index in [1.54, 1.807) is 0 Å². The smallest absolute Gasteiger partial charge is 0.307 e. The fourth-order valence-electron chi connectivity index (χ4n) is 3.09. The Labute approximate surface area is 125 Å². The average Bonchev–Trinajstić information content (AvgIpc) is 2.47. The van der Waals surface area contributed by atoms with Crippen LogP contribution in [0.3, 0.4) is 0 Å². The molecule has 0 aliphatic carbocycles. The molecule has 0 N–H and O–H groups in total. The summed E-state index contributed by atoms with van der Waals surface area (Å²) in [7, 11) is 0. The summed E-state index contributed by atoms with van der Waals surface area (Å²) in [6.45, 7) is 6.97. The van der Waals surface area contributed by atoms with E-state index in [2.05, 4.69) is 11.8 Å². The number of piperidine rings is 1. The highest BCUT2D eigenvalue weighted by atomic mass is 16.5. The molecule has 0 spiro atoms. The van der Waals surface area contributed by atoms with Crippen molar-refractivity contribution in [3.63, 3.8) is 0 Å². The second-order valence-electron chi connectivity index (χ2n) is 5.96. The molecule has 1 rings (SSSR count). The fourth-order valence-corrected chi connectivity index (χ4v) is 3.09. The minimum Gasteiger partial charge on any atom is -0.466 e. The highest BCUT2D eigenvalue weighted by Gasteiger charge is 2.23. The predicted octanol–water partition coefficient (Wildman–Crippen LogP) is 4.15. The summed E-state index contributed by atoms with van der Waals surface area (Å²) >= 11 is 0. The van der Waals surface area contributed by atoms with Crippen molar-refractivity contribution in [2.45, 2.75) is 84.1 Å². The topological polar surface area (TPSA) is 29.5 Å². The summed E-state index contributed by atoms with van der Waals surface area (Å²) in [6.07, 6.45) is 12.2. The van der Waals surface area contributed by atoms with Gasteiger partial charge in [0, 0.05) is 6.04 Å². The van der Waals surface area contributed by atoms with Gasteiger partial charge in [0.25, 0.3) is 0 Å². The van der Waals surface area contributed by atoms with Gasteiger partial charge in [-0.25, -0.2) is 0 Å². The average molecular weight is 283 g/mol. The quantitative estimate of drug-likeness (QED) is 0.445. The van der Waals surface area contributed by atoms with Gasteiger partial charge >= 0.3 is 5.97 Å². The van der Waals surface area contributed by atoms with Crippen molar-refractivity contribution >= 4 is 5.97 Å². The first-order chi connectivity index (χ1) is 9.77. The van der Waals surface area contributed by atoms with Gasteiger partial charge in [0.1, 0.15) is 0 Å². The number of unbranched alkanes of at least 4 members (excludes halogenated alkanes) is 4. The SMILES string of the molecule is CCCCCCCC(CC(=O)OCC)N1CCCCC1. The van der Waals surface area contributed by atoms with E-state index in [4.69, 9.17) is 4.74 Å². The van der Waals surface area contributed by atoms with Gasteiger partial charge in [-0.05, 0) is 39.3 Å². The Kier molecular flexibility index (Phi) is 9.73. The van der Waals surface area contributed by atoms with Gasteiger partial charge in [0.05, 0.1) is 13.0 Å². The third-order valence-corrected chi connectivity index (χ3v) is 4.26. The molecule has 20 heavy (non-hydrogen) atoms. The molecule has 1 saturated heterocycles. The van der Waals surface area contributed by atoms with Crippen LogP contribution in [0.25, 0.3) is 0 Å². The first-order valence-electron chi connectivity index (χ1n) is 8.67. The van der Waals surface area contributed by atoms with Crippen molar-refractivity contribution in [3.05, 3.63) is 0 Å². The Balaban J connectivity index is 2.35. The number of esters is 1. The van der Waals surface area contributed by atoms with Crippen molar-refractivity contribution in [1.29, 1.82) is 0 Å². The van der Waals surface area contributed by atoms with Crippen molar-refractivity contribution < 1.29 is 9.53 Å². The predicted molar refractivity (Wildman–Crippen MR) is 83.8 cm³/mol. The maximum absolute atomic E-state index is 11.8. The van der Waals surface area contributed by atoms with Gasteiger partial charge in [-0.1, -0.05) is 45.4 Å². The van der Waals surface area contributed by atoms with Gasteiger partial charge in [-0.15, -0.1) is 0 Å². The van der Waals surface area contributed by atoms with Crippen LogP contribution in [0.15, 0.2) is 0 Å². The number of nitrogens with zero attached hydrogens (tertiary/aromatic N) is 1. The molecular formula is C17H33NO2. The van der Waals surface area contributed by atoms with E-state index in [0.717, 1.165) is 6.42 Å². The Morgan fingerprint density at radius 1 is 1.05 bits per heavy atom. The van der Waals surface area contributed by atoms with E-state index in [1.807, 2.05) is 6.92 Å². The molecule has 3 heteroatoms. The molecule has 1 fully saturated rings. The van der Waals surface area contributed by atoms with E-state index in [9.17, 15) is 4.79 Å². The maximum atomic E-state index is 11.8. The van der Waals surface area contributed by atoms with Crippen LogP contribution in [-0.4, -0.2) is 36.6 Å². The largest absolute Gasteiger partial charge is 0.466 e. The summed E-state index contributed by atoms with van der Waals surface area (Å²) in [4.78, 5) is 14.3. The number of likely N-dealkylation sites (tertiary alicyclic amines) is 1. The number of hydrogen-bond donors (Lipinski definition) is 0. The highest BCUT2D eigenvalue weighted by Crippen LogP contribution is 2.20. The minimum atomic E-state index is -0.0170. The van der Waals surface area contributed by atoms with Crippen LogP contribution in [0.4, 0.5) is 0 Å². The number of rotatable bonds is 10. The van der Waals surface area contributed by atoms with Crippen LogP contribution in [0, 0.1) is 0 Å². The summed E-state index contributed by atoms with van der Waals surface area (Å²) in [5, 5.41) is 0. The second kappa shape index (κ2) is 11.1. The lowest BCUT2D eigenvalue weighted by atomic mass is 10.00. The number of ether oxygens (including phenoxy) is 1. The third kappa shape index (κ3) is 7.28. The van der Waals surface area contributed by atoms with Crippen molar-refractivity contribution in [2.75, 3.05) is 19.7 Å². The molecule has 0 aromatic rings. The molecule has 0 aromatic carbocycles. The molecule has 1 aliphatic heterocycles. The molecule has 0 bridgehead atoms. The lowest BCUT2D eigenvalue weighted by Crippen LogP contribution is -2.40. The van der Waals surface area contributed by atoms with Gasteiger partial charge in [0.2, 0.25) is 0 Å². The molecule has 0 amide bonds. The van der Waals surface area contributed by atoms with Gasteiger partial charge in [0.15, 0.2) is 0 Å². The fraction of sp³-hybridized carbons (Fsp3) is 0.941. The Morgan fingerprint density at radius 3 is 2.40 bits per heavy atom. The molecule has 3 nitrogen and oxygen atoms in total. The molecule has 1 aliphatic rings. The first kappa shape index (κ1) is 17.5. The molecule has 0 radical (unpaired) electrons. The highest BCUT2D eigenvalue weighted by molar-refractivity contribution is 5.70. The second-order valence-corrected chi connectivity index (χ2v) is 5.96. The van der Waals surface area contributed by atoms with E-state index >= 15 is 0 Å². The van der Waals surface area contributed by atoms with E-state index in [1.165, 1.54) is 64.5 Å². The zero-order valence-electron chi connectivity index (χ0n) is 13.5. The van der Waals surface area contributed by atoms with Gasteiger partial charge < -0.3 is 4.74 Å². The molecule has 1 unspecified atom stereocenters. The molecule has 118 valence electrons. The minimum absolute atomic E-state index is 0.0170. The molecule has 1 atom stereocenters. The van der Waals surface area contributed by atoms with E-state index in [0.29, 0.717) is 19.1 Å². The maximum Gasteiger partial charge on any atom is 0.307 e. The summed E-state index contributed by atoms with van der Waals surface area (Å²) < 4.78 is 5.14. The number of carbonyl (C=O) groups excluding carboxylic acids is 1. The monoisotopic (exact) mass is 283 g/mol. The Morgan fingerprint density at radius 2 is 1.75 bits per heavy atom. The summed E-state index contributed by atoms with van der Waals surface area (Å²) in [5.74, 6) is -0.0170. The zero-order chi connectivity index (χ0) is 14.6. The molecule has 0 aromatic heterocycles. The van der Waals surface area contributed by atoms with Crippen LogP contribution in [-0.2, 0) is 9.53 Å². The zero-order valence-corrected chi connectivity index (χ0v) is 13.5. The summed E-state index contributed by atoms with van der Waals surface area (Å²) in [6, 6.07) is 0.413. The van der Waals surface area contributed by atoms with Crippen LogP contribution in [0.5, 0.6) is 0 Å². The van der Waals surface area contributed by atoms with Crippen LogP contribution in [0.1, 0.15) is 78.1 Å². The molecular weight excluding hydrogens is 250 g/mol. The van der Waals surface area contributed by atoms with Crippen LogP contribution >= 0.6 is 0 Å². The van der Waals surface area contributed by atoms with Crippen molar-refractivity contribution in [3.8, 4) is 0 Å². The normalized spacial score (nSPS) is 17.9. The Hall–Kier alpha value is -0.570. The summed E-state index contributed by atoms with van der Waals surface area (Å²) in [5.41, 5.74) is 0. The van der Waals surface area contributed by atoms with E-state index < -0.39 is 0 Å². The standard InChI is InChI=1S/C17H33NO2/c1-3-5-6-7-9-12-16(15-17(19)20-4-2)18-13-10-8-11-14-18/h16H,3-15H2,1-2H3. The van der Waals surface area contributed by atoms with Crippen LogP contribution < -0.4 is 0 Å². The van der Waals surface area contributed by atoms with Crippen LogP contribution in [0.2, 0.25) is 0 Å². The first-order valence-corrected chi connectivity index (χ1v) is 8.67. The number of hydrogen-bond acceptors (Lipinski definition) is 3. The van der Waals surface area contributed by atoms with Crippen molar-refractivity contribution in [1.82, 2.24) is 4.90 Å². The van der Waals surface area contributed by atoms with Gasteiger partial charge in [-0.2, -0.15) is 0 Å². The lowest BCUT2D eigenvalue weighted by Gasteiger charge is -2.34. The Bertz CT molecular complexity index is 249. The van der Waals surface area contributed by atoms with E-state index in [-0.39, 0.29) is 5.97 Å². The molecule has 1 heterocycles. The molecule has 0 saturated carbocycles.